The third-order valence-electron chi connectivity index (χ3n) is 2.74. The van der Waals surface area contributed by atoms with E-state index in [1.165, 1.54) is 4.90 Å². The van der Waals surface area contributed by atoms with Gasteiger partial charge in [0.1, 0.15) is 5.75 Å². The number of carbonyl (C=O) groups is 1. The first-order valence-electron chi connectivity index (χ1n) is 6.26. The quantitative estimate of drug-likeness (QED) is 0.889. The molecule has 1 N–H and O–H groups in total. The van der Waals surface area contributed by atoms with E-state index in [4.69, 9.17) is 4.74 Å². The Bertz CT molecular complexity index is 621. The highest BCUT2D eigenvalue weighted by Gasteiger charge is 2.26. The second-order valence-electron chi connectivity index (χ2n) is 5.10. The Kier molecular flexibility index (Phi) is 3.89. The number of nitrogens with zero attached hydrogens (tertiary/aromatic N) is 1. The Morgan fingerprint density at radius 2 is 2.00 bits per heavy atom. The number of sulfonamides is 1. The lowest BCUT2D eigenvalue weighted by atomic mass is 10.1. The Morgan fingerprint density at radius 1 is 1.35 bits per heavy atom. The number of hydrogen-bond acceptors (Lipinski definition) is 4. The van der Waals surface area contributed by atoms with Gasteiger partial charge in [0.25, 0.3) is 5.91 Å². The van der Waals surface area contributed by atoms with Gasteiger partial charge >= 0.3 is 0 Å². The minimum Gasteiger partial charge on any atom is -0.490 e. The van der Waals surface area contributed by atoms with Gasteiger partial charge in [0.2, 0.25) is 10.0 Å². The number of benzene rings is 1. The van der Waals surface area contributed by atoms with Crippen LogP contribution in [0.4, 0.5) is 5.69 Å². The molecule has 1 aromatic carbocycles. The summed E-state index contributed by atoms with van der Waals surface area (Å²) in [6, 6.07) is 4.68. The summed E-state index contributed by atoms with van der Waals surface area (Å²) in [6.07, 6.45) is 3.11. The molecule has 7 heteroatoms. The molecular weight excluding hydrogens is 280 g/mol. The van der Waals surface area contributed by atoms with E-state index in [0.29, 0.717) is 17.0 Å². The van der Waals surface area contributed by atoms with Gasteiger partial charge < -0.3 is 9.64 Å². The molecule has 2 rings (SSSR count). The van der Waals surface area contributed by atoms with E-state index in [-0.39, 0.29) is 12.0 Å². The van der Waals surface area contributed by atoms with Crippen LogP contribution >= 0.6 is 0 Å². The van der Waals surface area contributed by atoms with E-state index in [2.05, 4.69) is 4.72 Å². The molecule has 110 valence electrons. The highest BCUT2D eigenvalue weighted by Crippen LogP contribution is 2.31. The van der Waals surface area contributed by atoms with Crippen LogP contribution in [0.2, 0.25) is 0 Å². The molecular formula is C13H18N2O4S. The van der Waals surface area contributed by atoms with Gasteiger partial charge in [-0.25, -0.2) is 8.42 Å². The Balaban J connectivity index is 2.34. The summed E-state index contributed by atoms with van der Waals surface area (Å²) >= 11 is 0. The molecule has 0 bridgehead atoms. The van der Waals surface area contributed by atoms with Gasteiger partial charge in [0.05, 0.1) is 23.6 Å². The van der Waals surface area contributed by atoms with Crippen molar-refractivity contribution in [3.8, 4) is 5.75 Å². The Labute approximate surface area is 118 Å². The van der Waals surface area contributed by atoms with Gasteiger partial charge in [-0.2, -0.15) is 0 Å². The average molecular weight is 298 g/mol. The molecule has 0 unspecified atom stereocenters. The van der Waals surface area contributed by atoms with Crippen LogP contribution in [-0.2, 0) is 10.0 Å². The molecule has 1 fully saturated rings. The van der Waals surface area contributed by atoms with E-state index < -0.39 is 10.0 Å². The van der Waals surface area contributed by atoms with Crippen molar-refractivity contribution in [2.75, 3.05) is 25.1 Å². The third kappa shape index (κ3) is 3.86. The van der Waals surface area contributed by atoms with Crippen molar-refractivity contribution in [3.05, 3.63) is 23.8 Å². The van der Waals surface area contributed by atoms with Crippen LogP contribution in [0, 0.1) is 0 Å². The molecule has 1 aliphatic carbocycles. The minimum absolute atomic E-state index is 0.122. The van der Waals surface area contributed by atoms with Gasteiger partial charge in [-0.15, -0.1) is 0 Å². The first-order chi connectivity index (χ1) is 9.26. The smallest absolute Gasteiger partial charge is 0.257 e. The summed E-state index contributed by atoms with van der Waals surface area (Å²) in [5, 5.41) is 0. The van der Waals surface area contributed by atoms with Crippen LogP contribution in [0.25, 0.3) is 0 Å². The molecule has 0 heterocycles. The minimum atomic E-state index is -3.36. The highest BCUT2D eigenvalue weighted by molar-refractivity contribution is 7.92. The number of hydrogen-bond donors (Lipinski definition) is 1. The molecule has 1 amide bonds. The molecule has 0 atom stereocenters. The Hall–Kier alpha value is -1.76. The van der Waals surface area contributed by atoms with E-state index >= 15 is 0 Å². The number of ether oxygens (including phenoxy) is 1. The van der Waals surface area contributed by atoms with Crippen LogP contribution in [0.3, 0.4) is 0 Å². The van der Waals surface area contributed by atoms with Crippen molar-refractivity contribution >= 4 is 21.6 Å². The van der Waals surface area contributed by atoms with Crippen molar-refractivity contribution in [2.45, 2.75) is 18.9 Å². The summed E-state index contributed by atoms with van der Waals surface area (Å²) in [7, 11) is -0.0398. The first kappa shape index (κ1) is 14.6. The number of anilines is 1. The lowest BCUT2D eigenvalue weighted by Gasteiger charge is -2.16. The summed E-state index contributed by atoms with van der Waals surface area (Å²) in [5.74, 6) is 0.242. The number of carbonyl (C=O) groups excluding carboxylic acids is 1. The predicted molar refractivity (Wildman–Crippen MR) is 76.6 cm³/mol. The standard InChI is InChI=1S/C13H18N2O4S/c1-15(2)13(16)11-7-4-9(14-20(3,17)18)8-12(11)19-10-5-6-10/h4,7-8,10,14H,5-6H2,1-3H3. The van der Waals surface area contributed by atoms with Gasteiger partial charge in [0.15, 0.2) is 0 Å². The third-order valence-corrected chi connectivity index (χ3v) is 3.35. The van der Waals surface area contributed by atoms with Gasteiger partial charge in [-0.05, 0) is 25.0 Å². The molecule has 0 spiro atoms. The molecule has 0 aromatic heterocycles. The highest BCUT2D eigenvalue weighted by atomic mass is 32.2. The van der Waals surface area contributed by atoms with Gasteiger partial charge in [0, 0.05) is 20.2 Å². The van der Waals surface area contributed by atoms with Crippen molar-refractivity contribution in [3.63, 3.8) is 0 Å². The van der Waals surface area contributed by atoms with E-state index in [9.17, 15) is 13.2 Å². The molecule has 0 aliphatic heterocycles. The van der Waals surface area contributed by atoms with E-state index in [0.717, 1.165) is 19.1 Å². The number of amides is 1. The number of rotatable bonds is 5. The molecule has 20 heavy (non-hydrogen) atoms. The lowest BCUT2D eigenvalue weighted by Crippen LogP contribution is -2.22. The number of nitrogens with one attached hydrogen (secondary N) is 1. The summed E-state index contributed by atoms with van der Waals surface area (Å²) in [5.41, 5.74) is 0.819. The van der Waals surface area contributed by atoms with Crippen molar-refractivity contribution in [2.24, 2.45) is 0 Å². The second kappa shape index (κ2) is 5.32. The maximum atomic E-state index is 12.1. The molecule has 0 radical (unpaired) electrons. The molecule has 1 aliphatic rings. The van der Waals surface area contributed by atoms with Crippen molar-refractivity contribution < 1.29 is 17.9 Å². The van der Waals surface area contributed by atoms with Crippen LogP contribution in [0.1, 0.15) is 23.2 Å². The predicted octanol–water partition coefficient (Wildman–Crippen LogP) is 1.30. The first-order valence-corrected chi connectivity index (χ1v) is 8.15. The van der Waals surface area contributed by atoms with Crippen molar-refractivity contribution in [1.29, 1.82) is 0 Å². The molecule has 1 saturated carbocycles. The van der Waals surface area contributed by atoms with Crippen LogP contribution < -0.4 is 9.46 Å². The fraction of sp³-hybridized carbons (Fsp3) is 0.462. The monoisotopic (exact) mass is 298 g/mol. The van der Waals surface area contributed by atoms with Gasteiger partial charge in [-0.3, -0.25) is 9.52 Å². The molecule has 1 aromatic rings. The summed E-state index contributed by atoms with van der Waals surface area (Å²) < 4.78 is 30.6. The van der Waals surface area contributed by atoms with Gasteiger partial charge in [-0.1, -0.05) is 0 Å². The average Bonchev–Trinajstić information content (AvgIpc) is 3.10. The summed E-state index contributed by atoms with van der Waals surface area (Å²) in [6.45, 7) is 0. The zero-order valence-electron chi connectivity index (χ0n) is 11.7. The molecule has 6 nitrogen and oxygen atoms in total. The lowest BCUT2D eigenvalue weighted by molar-refractivity contribution is 0.0823. The largest absolute Gasteiger partial charge is 0.490 e. The van der Waals surface area contributed by atoms with Crippen LogP contribution in [-0.4, -0.2) is 45.7 Å². The molecule has 0 saturated heterocycles. The van der Waals surface area contributed by atoms with E-state index in [1.54, 1.807) is 32.3 Å². The van der Waals surface area contributed by atoms with Crippen LogP contribution in [0.5, 0.6) is 5.75 Å². The van der Waals surface area contributed by atoms with E-state index in [1.807, 2.05) is 0 Å². The van der Waals surface area contributed by atoms with Crippen molar-refractivity contribution in [1.82, 2.24) is 4.90 Å². The summed E-state index contributed by atoms with van der Waals surface area (Å²) in [4.78, 5) is 13.5. The topological polar surface area (TPSA) is 75.7 Å². The second-order valence-corrected chi connectivity index (χ2v) is 6.85. The zero-order chi connectivity index (χ0) is 14.9. The normalized spacial score (nSPS) is 14.8. The maximum Gasteiger partial charge on any atom is 0.257 e. The Morgan fingerprint density at radius 3 is 2.50 bits per heavy atom. The zero-order valence-corrected chi connectivity index (χ0v) is 12.5. The fourth-order valence-corrected chi connectivity index (χ4v) is 2.24. The maximum absolute atomic E-state index is 12.1. The fourth-order valence-electron chi connectivity index (χ4n) is 1.68. The SMILES string of the molecule is CN(C)C(=O)c1ccc(NS(C)(=O)=O)cc1OC1CC1. The van der Waals surface area contributed by atoms with Crippen LogP contribution in [0.15, 0.2) is 18.2 Å².